The molecule has 1 atom stereocenters. The predicted molar refractivity (Wildman–Crippen MR) is 74.7 cm³/mol. The Morgan fingerprint density at radius 2 is 1.95 bits per heavy atom. The van der Waals surface area contributed by atoms with Crippen LogP contribution in [0, 0.1) is 5.92 Å². The van der Waals surface area contributed by atoms with E-state index in [4.69, 9.17) is 0 Å². The van der Waals surface area contributed by atoms with Gasteiger partial charge in [0, 0.05) is 39.0 Å². The number of carboxylic acid groups (broad SMARTS) is 1. The molecule has 2 saturated heterocycles. The van der Waals surface area contributed by atoms with E-state index in [0.717, 1.165) is 0 Å². The zero-order valence-electron chi connectivity index (χ0n) is 11.9. The molecule has 3 rings (SSSR count). The van der Waals surface area contributed by atoms with Gasteiger partial charge in [0.25, 0.3) is 0 Å². The monoisotopic (exact) mass is 290 g/mol. The first-order chi connectivity index (χ1) is 10.0. The van der Waals surface area contributed by atoms with Gasteiger partial charge in [-0.1, -0.05) is 0 Å². The average Bonchev–Trinajstić information content (AvgIpc) is 2.75. The number of hydrogen-bond donors (Lipinski definition) is 1. The molecule has 112 valence electrons. The van der Waals surface area contributed by atoms with Crippen LogP contribution in [0.5, 0.6) is 0 Å². The number of nitrogens with zero attached hydrogens (tertiary/aromatic N) is 4. The number of aliphatic carboxylic acids is 1. The Hall–Kier alpha value is -2.18. The number of carbonyl (C=O) groups is 2. The molecule has 0 aromatic carbocycles. The van der Waals surface area contributed by atoms with Crippen LogP contribution in [0.25, 0.3) is 0 Å². The van der Waals surface area contributed by atoms with E-state index < -0.39 is 17.4 Å². The fourth-order valence-corrected chi connectivity index (χ4v) is 3.53. The molecule has 0 aliphatic carbocycles. The highest BCUT2D eigenvalue weighted by Crippen LogP contribution is 2.43. The Morgan fingerprint density at radius 3 is 2.52 bits per heavy atom. The van der Waals surface area contributed by atoms with Gasteiger partial charge >= 0.3 is 5.97 Å². The van der Waals surface area contributed by atoms with Crippen molar-refractivity contribution in [2.24, 2.45) is 5.92 Å². The third kappa shape index (κ3) is 2.12. The van der Waals surface area contributed by atoms with E-state index in [1.165, 1.54) is 0 Å². The van der Waals surface area contributed by atoms with Gasteiger partial charge in [0.2, 0.25) is 11.9 Å². The maximum absolute atomic E-state index is 11.9. The first-order valence-electron chi connectivity index (χ1n) is 7.06. The predicted octanol–water partition coefficient (Wildman–Crippen LogP) is 0.379. The second-order valence-corrected chi connectivity index (χ2v) is 5.69. The number of hydrogen-bond acceptors (Lipinski definition) is 5. The van der Waals surface area contributed by atoms with Gasteiger partial charge < -0.3 is 14.9 Å². The quantitative estimate of drug-likeness (QED) is 0.847. The third-order valence-electron chi connectivity index (χ3n) is 4.83. The SMILES string of the molecule is CN1C(=O)C[C@@H](C(=O)O)C12CCN(c1ncccn1)CC2. The van der Waals surface area contributed by atoms with Crippen LogP contribution in [0.2, 0.25) is 0 Å². The molecule has 1 N–H and O–H groups in total. The van der Waals surface area contributed by atoms with Crippen LogP contribution < -0.4 is 4.90 Å². The Balaban J connectivity index is 1.80. The summed E-state index contributed by atoms with van der Waals surface area (Å²) >= 11 is 0. The highest BCUT2D eigenvalue weighted by atomic mass is 16.4. The van der Waals surface area contributed by atoms with E-state index in [1.54, 1.807) is 30.4 Å². The molecule has 2 aliphatic rings. The van der Waals surface area contributed by atoms with Crippen molar-refractivity contribution in [2.45, 2.75) is 24.8 Å². The Morgan fingerprint density at radius 1 is 1.33 bits per heavy atom. The van der Waals surface area contributed by atoms with Crippen LogP contribution in [0.15, 0.2) is 18.5 Å². The number of carbonyl (C=O) groups excluding carboxylic acids is 1. The van der Waals surface area contributed by atoms with Gasteiger partial charge in [0.15, 0.2) is 0 Å². The summed E-state index contributed by atoms with van der Waals surface area (Å²) in [5.41, 5.74) is -0.561. The minimum atomic E-state index is -0.878. The lowest BCUT2D eigenvalue weighted by atomic mass is 9.77. The summed E-state index contributed by atoms with van der Waals surface area (Å²) < 4.78 is 0. The molecule has 3 heterocycles. The van der Waals surface area contributed by atoms with Crippen LogP contribution in [0.3, 0.4) is 0 Å². The fourth-order valence-electron chi connectivity index (χ4n) is 3.53. The first-order valence-corrected chi connectivity index (χ1v) is 7.06. The maximum atomic E-state index is 11.9. The van der Waals surface area contributed by atoms with E-state index in [-0.39, 0.29) is 12.3 Å². The average molecular weight is 290 g/mol. The standard InChI is InChI=1S/C14H18N4O3/c1-17-11(19)9-10(12(20)21)14(17)3-7-18(8-4-14)13-15-5-2-6-16-13/h2,5-6,10H,3-4,7-9H2,1H3,(H,20,21)/t10-/m0/s1. The molecular formula is C14H18N4O3. The minimum absolute atomic E-state index is 0.0770. The largest absolute Gasteiger partial charge is 0.481 e. The number of rotatable bonds is 2. The van der Waals surface area contributed by atoms with E-state index in [1.807, 2.05) is 4.90 Å². The van der Waals surface area contributed by atoms with Gasteiger partial charge in [-0.3, -0.25) is 9.59 Å². The van der Waals surface area contributed by atoms with Gasteiger partial charge in [-0.25, -0.2) is 9.97 Å². The van der Waals surface area contributed by atoms with Crippen molar-refractivity contribution in [2.75, 3.05) is 25.0 Å². The molecule has 1 aromatic rings. The number of aromatic nitrogens is 2. The van der Waals surface area contributed by atoms with Crippen LogP contribution in [-0.2, 0) is 9.59 Å². The van der Waals surface area contributed by atoms with Crippen LogP contribution >= 0.6 is 0 Å². The lowest BCUT2D eigenvalue weighted by molar-refractivity contribution is -0.145. The van der Waals surface area contributed by atoms with Gasteiger partial charge in [0.1, 0.15) is 0 Å². The Kier molecular flexibility index (Phi) is 3.27. The van der Waals surface area contributed by atoms with E-state index in [0.29, 0.717) is 31.9 Å². The van der Waals surface area contributed by atoms with Crippen molar-refractivity contribution >= 4 is 17.8 Å². The summed E-state index contributed by atoms with van der Waals surface area (Å²) in [7, 11) is 1.72. The van der Waals surface area contributed by atoms with Gasteiger partial charge in [-0.15, -0.1) is 0 Å². The molecule has 21 heavy (non-hydrogen) atoms. The summed E-state index contributed by atoms with van der Waals surface area (Å²) in [6.07, 6.45) is 4.75. The summed E-state index contributed by atoms with van der Waals surface area (Å²) in [6.45, 7) is 1.32. The van der Waals surface area contributed by atoms with E-state index in [9.17, 15) is 14.7 Å². The smallest absolute Gasteiger partial charge is 0.309 e. The zero-order chi connectivity index (χ0) is 15.0. The second kappa shape index (κ2) is 4.98. The van der Waals surface area contributed by atoms with E-state index in [2.05, 4.69) is 9.97 Å². The van der Waals surface area contributed by atoms with E-state index >= 15 is 0 Å². The van der Waals surface area contributed by atoms with Crippen molar-refractivity contribution in [3.63, 3.8) is 0 Å². The fraction of sp³-hybridized carbons (Fsp3) is 0.571. The zero-order valence-corrected chi connectivity index (χ0v) is 11.9. The molecule has 2 aliphatic heterocycles. The van der Waals surface area contributed by atoms with Crippen molar-refractivity contribution in [1.29, 1.82) is 0 Å². The van der Waals surface area contributed by atoms with Crippen molar-refractivity contribution in [1.82, 2.24) is 14.9 Å². The highest BCUT2D eigenvalue weighted by molar-refractivity contribution is 5.88. The van der Waals surface area contributed by atoms with Crippen LogP contribution in [0.4, 0.5) is 5.95 Å². The molecule has 7 heteroatoms. The summed E-state index contributed by atoms with van der Waals surface area (Å²) in [5, 5.41) is 9.43. The lowest BCUT2D eigenvalue weighted by Crippen LogP contribution is -2.56. The summed E-state index contributed by atoms with van der Waals surface area (Å²) in [4.78, 5) is 35.6. The highest BCUT2D eigenvalue weighted by Gasteiger charge is 2.55. The number of likely N-dealkylation sites (tertiary alicyclic amines) is 1. The molecule has 0 radical (unpaired) electrons. The Labute approximate surface area is 122 Å². The molecule has 0 saturated carbocycles. The van der Waals surface area contributed by atoms with Crippen LogP contribution in [-0.4, -0.2) is 57.5 Å². The second-order valence-electron chi connectivity index (χ2n) is 5.69. The van der Waals surface area contributed by atoms with Crippen molar-refractivity contribution < 1.29 is 14.7 Å². The molecular weight excluding hydrogens is 272 g/mol. The van der Waals surface area contributed by atoms with Crippen LogP contribution in [0.1, 0.15) is 19.3 Å². The number of carboxylic acids is 1. The molecule has 1 spiro atoms. The number of anilines is 1. The number of amides is 1. The first kappa shape index (κ1) is 13.8. The number of piperidine rings is 1. The molecule has 7 nitrogen and oxygen atoms in total. The molecule has 0 unspecified atom stereocenters. The molecule has 0 bridgehead atoms. The van der Waals surface area contributed by atoms with Crippen molar-refractivity contribution in [3.8, 4) is 0 Å². The summed E-state index contributed by atoms with van der Waals surface area (Å²) in [5.74, 6) is -0.913. The summed E-state index contributed by atoms with van der Waals surface area (Å²) in [6, 6.07) is 1.76. The van der Waals surface area contributed by atoms with Gasteiger partial charge in [-0.2, -0.15) is 0 Å². The van der Waals surface area contributed by atoms with Crippen molar-refractivity contribution in [3.05, 3.63) is 18.5 Å². The lowest BCUT2D eigenvalue weighted by Gasteiger charge is -2.45. The molecule has 1 aromatic heterocycles. The Bertz CT molecular complexity index is 555. The van der Waals surface area contributed by atoms with Gasteiger partial charge in [-0.05, 0) is 18.9 Å². The van der Waals surface area contributed by atoms with Gasteiger partial charge in [0.05, 0.1) is 11.5 Å². The molecule has 2 fully saturated rings. The minimum Gasteiger partial charge on any atom is -0.481 e. The maximum Gasteiger partial charge on any atom is 0.309 e. The third-order valence-corrected chi connectivity index (χ3v) is 4.83. The molecule has 1 amide bonds. The topological polar surface area (TPSA) is 86.6 Å². The normalized spacial score (nSPS) is 24.6.